The molecule has 0 unspecified atom stereocenters. The highest BCUT2D eigenvalue weighted by Gasteiger charge is 2.15. The number of anilines is 1. The van der Waals surface area contributed by atoms with Crippen molar-refractivity contribution in [3.05, 3.63) is 24.3 Å². The number of rotatable bonds is 6. The highest BCUT2D eigenvalue weighted by atomic mass is 16.5. The van der Waals surface area contributed by atoms with E-state index in [4.69, 9.17) is 15.2 Å². The first kappa shape index (κ1) is 15.6. The van der Waals surface area contributed by atoms with Crippen molar-refractivity contribution in [3.63, 3.8) is 0 Å². The number of carbonyl (C=O) groups is 1. The Labute approximate surface area is 125 Å². The van der Waals surface area contributed by atoms with E-state index in [1.165, 1.54) is 0 Å². The van der Waals surface area contributed by atoms with Crippen LogP contribution in [0, 0.1) is 0 Å². The SMILES string of the molecule is C[C@H](Oc1cccc(N)c1)C(=O)NCCN1CCOCC1. The maximum atomic E-state index is 12.0. The van der Waals surface area contributed by atoms with E-state index in [-0.39, 0.29) is 5.91 Å². The summed E-state index contributed by atoms with van der Waals surface area (Å²) in [4.78, 5) is 14.2. The molecule has 1 aliphatic rings. The van der Waals surface area contributed by atoms with Crippen LogP contribution in [0.5, 0.6) is 5.75 Å². The molecule has 3 N–H and O–H groups in total. The smallest absolute Gasteiger partial charge is 0.260 e. The van der Waals surface area contributed by atoms with Crippen LogP contribution in [0.1, 0.15) is 6.92 Å². The van der Waals surface area contributed by atoms with Crippen molar-refractivity contribution in [2.24, 2.45) is 0 Å². The Morgan fingerprint density at radius 3 is 2.95 bits per heavy atom. The molecule has 0 aromatic heterocycles. The van der Waals surface area contributed by atoms with E-state index < -0.39 is 6.10 Å². The monoisotopic (exact) mass is 293 g/mol. The quantitative estimate of drug-likeness (QED) is 0.746. The molecule has 6 nitrogen and oxygen atoms in total. The third kappa shape index (κ3) is 5.24. The van der Waals surface area contributed by atoms with Crippen molar-refractivity contribution in [2.75, 3.05) is 45.1 Å². The van der Waals surface area contributed by atoms with Gasteiger partial charge in [-0.2, -0.15) is 0 Å². The van der Waals surface area contributed by atoms with Crippen molar-refractivity contribution in [2.45, 2.75) is 13.0 Å². The summed E-state index contributed by atoms with van der Waals surface area (Å²) in [5.74, 6) is 0.483. The van der Waals surface area contributed by atoms with E-state index in [0.717, 1.165) is 32.8 Å². The molecule has 1 aromatic carbocycles. The molecule has 1 fully saturated rings. The van der Waals surface area contributed by atoms with Crippen LogP contribution in [0.4, 0.5) is 5.69 Å². The van der Waals surface area contributed by atoms with Gasteiger partial charge in [-0.15, -0.1) is 0 Å². The molecule has 0 radical (unpaired) electrons. The van der Waals surface area contributed by atoms with Gasteiger partial charge < -0.3 is 20.5 Å². The number of benzene rings is 1. The van der Waals surface area contributed by atoms with Gasteiger partial charge in [-0.25, -0.2) is 0 Å². The van der Waals surface area contributed by atoms with Gasteiger partial charge in [0.15, 0.2) is 6.10 Å². The number of ether oxygens (including phenoxy) is 2. The summed E-state index contributed by atoms with van der Waals surface area (Å²) in [7, 11) is 0. The third-order valence-electron chi connectivity index (χ3n) is 3.37. The van der Waals surface area contributed by atoms with Gasteiger partial charge in [0, 0.05) is 37.9 Å². The minimum absolute atomic E-state index is 0.120. The summed E-state index contributed by atoms with van der Waals surface area (Å²) < 4.78 is 10.9. The van der Waals surface area contributed by atoms with Crippen molar-refractivity contribution in [1.82, 2.24) is 10.2 Å². The standard InChI is InChI=1S/C15H23N3O3/c1-12(21-14-4-2-3-13(16)11-14)15(19)17-5-6-18-7-9-20-10-8-18/h2-4,11-12H,5-10,16H2,1H3,(H,17,19)/t12-/m0/s1. The van der Waals surface area contributed by atoms with Crippen molar-refractivity contribution >= 4 is 11.6 Å². The maximum Gasteiger partial charge on any atom is 0.260 e. The second kappa shape index (κ2) is 7.85. The van der Waals surface area contributed by atoms with Crippen LogP contribution >= 0.6 is 0 Å². The second-order valence-electron chi connectivity index (χ2n) is 5.08. The van der Waals surface area contributed by atoms with E-state index in [9.17, 15) is 4.79 Å². The lowest BCUT2D eigenvalue weighted by atomic mass is 10.3. The van der Waals surface area contributed by atoms with Crippen LogP contribution < -0.4 is 15.8 Å². The van der Waals surface area contributed by atoms with Gasteiger partial charge in [-0.1, -0.05) is 6.07 Å². The maximum absolute atomic E-state index is 12.0. The fourth-order valence-corrected chi connectivity index (χ4v) is 2.15. The van der Waals surface area contributed by atoms with Gasteiger partial charge in [-0.05, 0) is 19.1 Å². The van der Waals surface area contributed by atoms with Gasteiger partial charge >= 0.3 is 0 Å². The number of hydrogen-bond acceptors (Lipinski definition) is 5. The molecule has 0 aliphatic carbocycles. The molecule has 1 heterocycles. The molecule has 21 heavy (non-hydrogen) atoms. The Bertz CT molecular complexity index is 461. The summed E-state index contributed by atoms with van der Waals surface area (Å²) in [6.07, 6.45) is -0.545. The van der Waals surface area contributed by atoms with Gasteiger partial charge in [0.2, 0.25) is 0 Å². The van der Waals surface area contributed by atoms with Gasteiger partial charge in [0.25, 0.3) is 5.91 Å². The lowest BCUT2D eigenvalue weighted by Gasteiger charge is -2.26. The predicted molar refractivity (Wildman–Crippen MR) is 81.2 cm³/mol. The number of hydrogen-bond donors (Lipinski definition) is 2. The van der Waals surface area contributed by atoms with Crippen LogP contribution in [0.25, 0.3) is 0 Å². The summed E-state index contributed by atoms with van der Waals surface area (Å²) in [5.41, 5.74) is 6.29. The minimum atomic E-state index is -0.545. The molecule has 0 spiro atoms. The van der Waals surface area contributed by atoms with Crippen LogP contribution in [0.15, 0.2) is 24.3 Å². The molecule has 6 heteroatoms. The van der Waals surface area contributed by atoms with E-state index in [0.29, 0.717) is 18.0 Å². The van der Waals surface area contributed by atoms with Crippen LogP contribution in [-0.2, 0) is 9.53 Å². The Kier molecular flexibility index (Phi) is 5.83. The molecule has 1 aliphatic heterocycles. The summed E-state index contributed by atoms with van der Waals surface area (Å²) in [6, 6.07) is 7.07. The fraction of sp³-hybridized carbons (Fsp3) is 0.533. The number of nitrogens with two attached hydrogens (primary N) is 1. The predicted octanol–water partition coefficient (Wildman–Crippen LogP) is 0.485. The highest BCUT2D eigenvalue weighted by Crippen LogP contribution is 2.15. The first-order valence-corrected chi connectivity index (χ1v) is 7.25. The Morgan fingerprint density at radius 1 is 1.48 bits per heavy atom. The summed E-state index contributed by atoms with van der Waals surface area (Å²) in [6.45, 7) is 6.55. The normalized spacial score (nSPS) is 17.2. The zero-order valence-electron chi connectivity index (χ0n) is 12.4. The van der Waals surface area contributed by atoms with Crippen molar-refractivity contribution in [3.8, 4) is 5.75 Å². The van der Waals surface area contributed by atoms with Crippen molar-refractivity contribution < 1.29 is 14.3 Å². The zero-order chi connectivity index (χ0) is 15.1. The Balaban J connectivity index is 1.69. The number of nitrogens with one attached hydrogen (secondary N) is 1. The molecular weight excluding hydrogens is 270 g/mol. The van der Waals surface area contributed by atoms with E-state index in [2.05, 4.69) is 10.2 Å². The highest BCUT2D eigenvalue weighted by molar-refractivity contribution is 5.80. The Morgan fingerprint density at radius 2 is 2.24 bits per heavy atom. The molecule has 116 valence electrons. The first-order valence-electron chi connectivity index (χ1n) is 7.25. The summed E-state index contributed by atoms with van der Waals surface area (Å²) >= 11 is 0. The first-order chi connectivity index (χ1) is 10.1. The lowest BCUT2D eigenvalue weighted by Crippen LogP contribution is -2.43. The van der Waals surface area contributed by atoms with Crippen LogP contribution in [-0.4, -0.2) is 56.3 Å². The molecule has 1 atom stereocenters. The average Bonchev–Trinajstić information content (AvgIpc) is 2.48. The Hall–Kier alpha value is -1.79. The van der Waals surface area contributed by atoms with Gasteiger partial charge in [0.1, 0.15) is 5.75 Å². The lowest BCUT2D eigenvalue weighted by molar-refractivity contribution is -0.127. The summed E-state index contributed by atoms with van der Waals surface area (Å²) in [5, 5.41) is 2.89. The molecular formula is C15H23N3O3. The number of morpholine rings is 1. The van der Waals surface area contributed by atoms with Crippen LogP contribution in [0.3, 0.4) is 0 Å². The van der Waals surface area contributed by atoms with Crippen LogP contribution in [0.2, 0.25) is 0 Å². The fourth-order valence-electron chi connectivity index (χ4n) is 2.15. The zero-order valence-corrected chi connectivity index (χ0v) is 12.4. The van der Waals surface area contributed by atoms with Gasteiger partial charge in [-0.3, -0.25) is 9.69 Å². The average molecular weight is 293 g/mol. The van der Waals surface area contributed by atoms with Crippen molar-refractivity contribution in [1.29, 1.82) is 0 Å². The van der Waals surface area contributed by atoms with E-state index in [1.807, 2.05) is 0 Å². The number of nitrogens with zero attached hydrogens (tertiary/aromatic N) is 1. The minimum Gasteiger partial charge on any atom is -0.481 e. The topological polar surface area (TPSA) is 76.8 Å². The molecule has 0 saturated carbocycles. The molecule has 1 amide bonds. The molecule has 1 saturated heterocycles. The molecule has 0 bridgehead atoms. The van der Waals surface area contributed by atoms with E-state index in [1.54, 1.807) is 31.2 Å². The van der Waals surface area contributed by atoms with E-state index >= 15 is 0 Å². The molecule has 2 rings (SSSR count). The third-order valence-corrected chi connectivity index (χ3v) is 3.37. The second-order valence-corrected chi connectivity index (χ2v) is 5.08. The largest absolute Gasteiger partial charge is 0.481 e. The number of carbonyl (C=O) groups excluding carboxylic acids is 1. The molecule has 1 aromatic rings. The number of amides is 1. The van der Waals surface area contributed by atoms with Gasteiger partial charge in [0.05, 0.1) is 13.2 Å². The number of nitrogen functional groups attached to an aromatic ring is 1.